The van der Waals surface area contributed by atoms with E-state index in [-0.39, 0.29) is 10.8 Å². The van der Waals surface area contributed by atoms with Gasteiger partial charge in [-0.2, -0.15) is 0 Å². The smallest absolute Gasteiger partial charge is 0.0723 e. The average molecular weight is 929 g/mol. The lowest BCUT2D eigenvalue weighted by molar-refractivity contribution is 0.660. The zero-order chi connectivity index (χ0) is 48.5. The van der Waals surface area contributed by atoms with Gasteiger partial charge in [-0.1, -0.05) is 204 Å². The summed E-state index contributed by atoms with van der Waals surface area (Å²) in [6.07, 6.45) is 2.05. The molecule has 342 valence electrons. The van der Waals surface area contributed by atoms with Crippen LogP contribution >= 0.6 is 0 Å². The summed E-state index contributed by atoms with van der Waals surface area (Å²) in [6.45, 7) is 9.59. The molecule has 3 aliphatic carbocycles. The Hall–Kier alpha value is -8.85. The minimum Gasteiger partial charge on any atom is -0.309 e. The van der Waals surface area contributed by atoms with Crippen LogP contribution in [0.3, 0.4) is 0 Å². The third-order valence-electron chi connectivity index (χ3n) is 17.4. The quantitative estimate of drug-likeness (QED) is 0.172. The Labute approximate surface area is 424 Å². The molecule has 0 fully saturated rings. The lowest BCUT2D eigenvalue weighted by Crippen LogP contribution is -2.15. The van der Waals surface area contributed by atoms with Crippen LogP contribution < -0.4 is 0 Å². The summed E-state index contributed by atoms with van der Waals surface area (Å²) in [6, 6.07) is 80.2. The van der Waals surface area contributed by atoms with Gasteiger partial charge in [0.1, 0.15) is 0 Å². The Morgan fingerprint density at radius 2 is 0.795 bits per heavy atom. The highest BCUT2D eigenvalue weighted by Crippen LogP contribution is 2.60. The summed E-state index contributed by atoms with van der Waals surface area (Å²) in [4.78, 5) is 4.89. The Morgan fingerprint density at radius 3 is 1.44 bits per heavy atom. The van der Waals surface area contributed by atoms with Gasteiger partial charge < -0.3 is 4.57 Å². The number of aromatic nitrogens is 2. The molecule has 73 heavy (non-hydrogen) atoms. The summed E-state index contributed by atoms with van der Waals surface area (Å²) >= 11 is 0. The van der Waals surface area contributed by atoms with E-state index in [0.29, 0.717) is 0 Å². The fourth-order valence-electron chi connectivity index (χ4n) is 14.0. The molecule has 13 aromatic rings. The van der Waals surface area contributed by atoms with Crippen molar-refractivity contribution in [3.63, 3.8) is 0 Å². The number of para-hydroxylation sites is 2. The maximum Gasteiger partial charge on any atom is 0.0723 e. The maximum absolute atomic E-state index is 4.89. The van der Waals surface area contributed by atoms with Crippen molar-refractivity contribution in [1.82, 2.24) is 9.55 Å². The molecule has 0 aliphatic heterocycles. The zero-order valence-corrected chi connectivity index (χ0v) is 41.2. The van der Waals surface area contributed by atoms with Crippen LogP contribution in [0.15, 0.2) is 219 Å². The number of nitrogens with zero attached hydrogens (tertiary/aromatic N) is 2. The topological polar surface area (TPSA) is 17.8 Å². The largest absolute Gasteiger partial charge is 0.309 e. The van der Waals surface area contributed by atoms with Crippen molar-refractivity contribution in [2.75, 3.05) is 0 Å². The molecule has 3 aliphatic rings. The van der Waals surface area contributed by atoms with Gasteiger partial charge in [0.25, 0.3) is 0 Å². The van der Waals surface area contributed by atoms with Gasteiger partial charge in [0.15, 0.2) is 0 Å². The van der Waals surface area contributed by atoms with E-state index in [0.717, 1.165) is 16.6 Å². The molecule has 0 saturated heterocycles. The van der Waals surface area contributed by atoms with Gasteiger partial charge in [-0.3, -0.25) is 4.98 Å². The van der Waals surface area contributed by atoms with Crippen molar-refractivity contribution in [2.24, 2.45) is 0 Å². The minimum atomic E-state index is -0.129. The molecule has 2 heterocycles. The van der Waals surface area contributed by atoms with Crippen LogP contribution in [0.4, 0.5) is 0 Å². The molecule has 0 spiro atoms. The molecule has 0 atom stereocenters. The fraction of sp³-hybridized carbons (Fsp3) is 0.0845. The van der Waals surface area contributed by atoms with Crippen LogP contribution in [-0.2, 0) is 10.8 Å². The van der Waals surface area contributed by atoms with E-state index in [4.69, 9.17) is 4.98 Å². The predicted octanol–water partition coefficient (Wildman–Crippen LogP) is 18.9. The summed E-state index contributed by atoms with van der Waals surface area (Å²) < 4.78 is 2.42. The first-order valence-electron chi connectivity index (χ1n) is 25.8. The van der Waals surface area contributed by atoms with Gasteiger partial charge in [-0.25, -0.2) is 0 Å². The first-order chi connectivity index (χ1) is 35.8. The number of hydrogen-bond donors (Lipinski definition) is 0. The molecule has 2 aromatic heterocycles. The highest BCUT2D eigenvalue weighted by molar-refractivity contribution is 6.29. The lowest BCUT2D eigenvalue weighted by Gasteiger charge is -2.25. The number of hydrogen-bond acceptors (Lipinski definition) is 1. The second-order valence-electron chi connectivity index (χ2n) is 21.7. The van der Waals surface area contributed by atoms with E-state index in [1.165, 1.54) is 143 Å². The van der Waals surface area contributed by atoms with Crippen LogP contribution in [0.5, 0.6) is 0 Å². The third kappa shape index (κ3) is 5.35. The van der Waals surface area contributed by atoms with E-state index in [1.54, 1.807) is 0 Å². The van der Waals surface area contributed by atoms with E-state index in [9.17, 15) is 0 Å². The van der Waals surface area contributed by atoms with Crippen molar-refractivity contribution in [2.45, 2.75) is 38.5 Å². The number of fused-ring (bicyclic) bond motifs is 15. The summed E-state index contributed by atoms with van der Waals surface area (Å²) in [7, 11) is 0. The van der Waals surface area contributed by atoms with Gasteiger partial charge in [0, 0.05) is 38.9 Å². The molecule has 0 amide bonds. The first-order valence-corrected chi connectivity index (χ1v) is 25.8. The first kappa shape index (κ1) is 40.8. The predicted molar refractivity (Wildman–Crippen MR) is 307 cm³/mol. The van der Waals surface area contributed by atoms with Crippen LogP contribution in [-0.4, -0.2) is 9.55 Å². The normalized spacial score (nSPS) is 14.2. The molecule has 0 unspecified atom stereocenters. The van der Waals surface area contributed by atoms with Gasteiger partial charge >= 0.3 is 0 Å². The molecule has 16 rings (SSSR count). The maximum atomic E-state index is 4.89. The van der Waals surface area contributed by atoms with Gasteiger partial charge in [-0.15, -0.1) is 0 Å². The third-order valence-corrected chi connectivity index (χ3v) is 17.4. The van der Waals surface area contributed by atoms with Gasteiger partial charge in [-0.05, 0) is 158 Å². The van der Waals surface area contributed by atoms with Crippen molar-refractivity contribution >= 4 is 54.3 Å². The highest BCUT2D eigenvalue weighted by atomic mass is 15.0. The number of benzene rings is 11. The molecule has 2 heteroatoms. The summed E-state index contributed by atoms with van der Waals surface area (Å²) in [5.41, 5.74) is 28.0. The van der Waals surface area contributed by atoms with Crippen LogP contribution in [0.25, 0.3) is 138 Å². The van der Waals surface area contributed by atoms with E-state index in [1.807, 2.05) is 6.20 Å². The monoisotopic (exact) mass is 928 g/mol. The van der Waals surface area contributed by atoms with Crippen LogP contribution in [0.1, 0.15) is 49.9 Å². The average Bonchev–Trinajstić information content (AvgIpc) is 4.10. The molecule has 0 saturated carbocycles. The Morgan fingerprint density at radius 1 is 0.329 bits per heavy atom. The molecule has 11 aromatic carbocycles. The lowest BCUT2D eigenvalue weighted by atomic mass is 9.78. The fourth-order valence-corrected chi connectivity index (χ4v) is 14.0. The van der Waals surface area contributed by atoms with Crippen molar-refractivity contribution in [3.8, 4) is 83.6 Å². The zero-order valence-electron chi connectivity index (χ0n) is 41.2. The summed E-state index contributed by atoms with van der Waals surface area (Å²) in [5, 5.41) is 8.68. The Balaban J connectivity index is 0.933. The molecule has 0 radical (unpaired) electrons. The van der Waals surface area contributed by atoms with E-state index in [2.05, 4.69) is 245 Å². The summed E-state index contributed by atoms with van der Waals surface area (Å²) in [5.74, 6) is 0. The molecule has 2 nitrogen and oxygen atoms in total. The minimum absolute atomic E-state index is 0.129. The highest BCUT2D eigenvalue weighted by Gasteiger charge is 2.39. The van der Waals surface area contributed by atoms with Crippen molar-refractivity contribution < 1.29 is 0 Å². The van der Waals surface area contributed by atoms with E-state index < -0.39 is 0 Å². The molecule has 0 N–H and O–H groups in total. The second kappa shape index (κ2) is 14.4. The molecular weight excluding hydrogens is 881 g/mol. The van der Waals surface area contributed by atoms with Crippen LogP contribution in [0.2, 0.25) is 0 Å². The number of pyridine rings is 1. The van der Waals surface area contributed by atoms with Gasteiger partial charge in [0.2, 0.25) is 0 Å². The van der Waals surface area contributed by atoms with E-state index >= 15 is 0 Å². The van der Waals surface area contributed by atoms with Crippen LogP contribution in [0, 0.1) is 0 Å². The standard InChI is InChI=1S/C71H48N2/c1-70(2)58-24-11-7-16-46(58)48-34-30-42(38-60(48)70)64-52-19-5-6-20-53(52)65(43-31-35-49-47-17-8-12-25-59(47)71(3,4)61(49)39-43)68-56-37-36-45(51-22-15-23-55(66(51)56)67(64)68)41-28-32-44(33-29-41)73-63-27-14-10-18-50(63)57-40-72-62-26-13-9-21-54(62)69(57)73/h5-40H,1-4H3. The SMILES string of the molecule is CC1(C)c2ccccc2-c2ccc(-c3c4c(c(-c5ccc6c(c5)C(C)(C)c5ccccc5-6)c5ccccc35)-c3ccc(-c5ccc(-n6c7ccccc7c7cnc8ccccc8c76)cc5)c5cccc-4c35)cc21. The molecular formula is C71H48N2. The second-order valence-corrected chi connectivity index (χ2v) is 21.7. The van der Waals surface area contributed by atoms with Gasteiger partial charge in [0.05, 0.1) is 16.6 Å². The number of rotatable bonds is 4. The Bertz CT molecular complexity index is 4440. The molecule has 0 bridgehead atoms. The van der Waals surface area contributed by atoms with Crippen molar-refractivity contribution in [3.05, 3.63) is 241 Å². The van der Waals surface area contributed by atoms with Crippen molar-refractivity contribution in [1.29, 1.82) is 0 Å². The Kier molecular flexibility index (Phi) is 8.06.